The van der Waals surface area contributed by atoms with Gasteiger partial charge in [0.15, 0.2) is 5.13 Å². The van der Waals surface area contributed by atoms with E-state index in [2.05, 4.69) is 46.8 Å². The molecule has 1 aromatic carbocycles. The van der Waals surface area contributed by atoms with Crippen LogP contribution in [-0.4, -0.2) is 17.9 Å². The summed E-state index contributed by atoms with van der Waals surface area (Å²) in [5.74, 6) is 0.0635. The predicted molar refractivity (Wildman–Crippen MR) is 87.6 cm³/mol. The maximum atomic E-state index is 11.8. The first-order valence-electron chi connectivity index (χ1n) is 7.18. The third-order valence-corrected chi connectivity index (χ3v) is 4.21. The van der Waals surface area contributed by atoms with Crippen molar-refractivity contribution in [2.75, 3.05) is 12.4 Å². The van der Waals surface area contributed by atoms with E-state index in [-0.39, 0.29) is 5.91 Å². The molecule has 1 amide bonds. The SMILES string of the molecule is CCc1ccc(CCC(=O)NCc2csc(NC)n2)cc1. The molecule has 2 aromatic rings. The van der Waals surface area contributed by atoms with Crippen molar-refractivity contribution in [2.24, 2.45) is 0 Å². The van der Waals surface area contributed by atoms with Gasteiger partial charge in [0, 0.05) is 18.8 Å². The van der Waals surface area contributed by atoms with Crippen molar-refractivity contribution < 1.29 is 4.79 Å². The van der Waals surface area contributed by atoms with Crippen LogP contribution < -0.4 is 10.6 Å². The Labute approximate surface area is 129 Å². The van der Waals surface area contributed by atoms with E-state index in [1.54, 1.807) is 11.3 Å². The van der Waals surface area contributed by atoms with Crippen LogP contribution >= 0.6 is 11.3 Å². The number of rotatable bonds is 7. The lowest BCUT2D eigenvalue weighted by molar-refractivity contribution is -0.121. The maximum Gasteiger partial charge on any atom is 0.220 e. The molecule has 21 heavy (non-hydrogen) atoms. The van der Waals surface area contributed by atoms with Crippen LogP contribution in [0.3, 0.4) is 0 Å². The number of anilines is 1. The molecule has 0 unspecified atom stereocenters. The average molecular weight is 303 g/mol. The second-order valence-corrected chi connectivity index (χ2v) is 5.70. The molecule has 1 heterocycles. The Morgan fingerprint density at radius 1 is 1.24 bits per heavy atom. The number of carbonyl (C=O) groups excluding carboxylic acids is 1. The van der Waals surface area contributed by atoms with Crippen molar-refractivity contribution in [3.8, 4) is 0 Å². The second kappa shape index (κ2) is 7.78. The first-order valence-corrected chi connectivity index (χ1v) is 8.06. The molecule has 2 N–H and O–H groups in total. The number of nitrogens with zero attached hydrogens (tertiary/aromatic N) is 1. The molecule has 0 aliphatic carbocycles. The zero-order valence-electron chi connectivity index (χ0n) is 12.5. The molecule has 1 aromatic heterocycles. The highest BCUT2D eigenvalue weighted by Crippen LogP contribution is 2.14. The lowest BCUT2D eigenvalue weighted by Crippen LogP contribution is -2.23. The summed E-state index contributed by atoms with van der Waals surface area (Å²) >= 11 is 1.54. The highest BCUT2D eigenvalue weighted by atomic mass is 32.1. The number of aromatic nitrogens is 1. The van der Waals surface area contributed by atoms with Gasteiger partial charge in [-0.05, 0) is 24.0 Å². The Hall–Kier alpha value is -1.88. The van der Waals surface area contributed by atoms with Crippen LogP contribution in [0.15, 0.2) is 29.6 Å². The lowest BCUT2D eigenvalue weighted by Gasteiger charge is -2.04. The summed E-state index contributed by atoms with van der Waals surface area (Å²) in [5, 5.41) is 8.72. The normalized spacial score (nSPS) is 10.4. The van der Waals surface area contributed by atoms with Crippen LogP contribution in [0, 0.1) is 0 Å². The lowest BCUT2D eigenvalue weighted by atomic mass is 10.1. The van der Waals surface area contributed by atoms with Crippen LogP contribution in [-0.2, 0) is 24.2 Å². The van der Waals surface area contributed by atoms with Gasteiger partial charge in [-0.2, -0.15) is 0 Å². The number of aryl methyl sites for hydroxylation is 2. The summed E-state index contributed by atoms with van der Waals surface area (Å²) in [6.07, 6.45) is 2.33. The number of hydrogen-bond donors (Lipinski definition) is 2. The van der Waals surface area contributed by atoms with Crippen molar-refractivity contribution in [1.29, 1.82) is 0 Å². The number of nitrogens with one attached hydrogen (secondary N) is 2. The largest absolute Gasteiger partial charge is 0.365 e. The molecular formula is C16H21N3OS. The van der Waals surface area contributed by atoms with Crippen molar-refractivity contribution in [2.45, 2.75) is 32.7 Å². The molecule has 2 rings (SSSR count). The fourth-order valence-electron chi connectivity index (χ4n) is 1.98. The van der Waals surface area contributed by atoms with E-state index in [4.69, 9.17) is 0 Å². The number of carbonyl (C=O) groups is 1. The van der Waals surface area contributed by atoms with E-state index in [9.17, 15) is 4.79 Å². The topological polar surface area (TPSA) is 54.0 Å². The summed E-state index contributed by atoms with van der Waals surface area (Å²) in [6.45, 7) is 2.63. The van der Waals surface area contributed by atoms with E-state index >= 15 is 0 Å². The van der Waals surface area contributed by atoms with Crippen molar-refractivity contribution in [1.82, 2.24) is 10.3 Å². The zero-order chi connectivity index (χ0) is 15.1. The van der Waals surface area contributed by atoms with Gasteiger partial charge in [-0.1, -0.05) is 31.2 Å². The summed E-state index contributed by atoms with van der Waals surface area (Å²) in [4.78, 5) is 16.2. The van der Waals surface area contributed by atoms with Gasteiger partial charge in [0.25, 0.3) is 0 Å². The minimum atomic E-state index is 0.0635. The molecule has 0 aliphatic rings. The van der Waals surface area contributed by atoms with Gasteiger partial charge >= 0.3 is 0 Å². The van der Waals surface area contributed by atoms with Gasteiger partial charge in [0.1, 0.15) is 0 Å². The molecule has 0 aliphatic heterocycles. The summed E-state index contributed by atoms with van der Waals surface area (Å²) in [6, 6.07) is 8.46. The minimum absolute atomic E-state index is 0.0635. The van der Waals surface area contributed by atoms with Gasteiger partial charge in [-0.3, -0.25) is 4.79 Å². The average Bonchev–Trinajstić information content (AvgIpc) is 2.99. The van der Waals surface area contributed by atoms with Gasteiger partial charge in [-0.25, -0.2) is 4.98 Å². The predicted octanol–water partition coefficient (Wildman–Crippen LogP) is 3.00. The third-order valence-electron chi connectivity index (χ3n) is 3.30. The highest BCUT2D eigenvalue weighted by Gasteiger charge is 2.05. The molecule has 4 nitrogen and oxygen atoms in total. The van der Waals surface area contributed by atoms with Crippen molar-refractivity contribution in [3.05, 3.63) is 46.5 Å². The third kappa shape index (κ3) is 4.86. The Kier molecular flexibility index (Phi) is 5.75. The molecule has 0 bridgehead atoms. The molecule has 0 saturated carbocycles. The summed E-state index contributed by atoms with van der Waals surface area (Å²) < 4.78 is 0. The van der Waals surface area contributed by atoms with Crippen molar-refractivity contribution in [3.63, 3.8) is 0 Å². The fraction of sp³-hybridized carbons (Fsp3) is 0.375. The van der Waals surface area contributed by atoms with Crippen LogP contribution in [0.1, 0.15) is 30.2 Å². The number of thiazole rings is 1. The Morgan fingerprint density at radius 3 is 2.57 bits per heavy atom. The van der Waals surface area contributed by atoms with Crippen LogP contribution in [0.4, 0.5) is 5.13 Å². The molecule has 0 radical (unpaired) electrons. The fourth-order valence-corrected chi connectivity index (χ4v) is 2.65. The molecule has 0 atom stereocenters. The second-order valence-electron chi connectivity index (χ2n) is 4.84. The van der Waals surface area contributed by atoms with E-state index in [1.165, 1.54) is 11.1 Å². The van der Waals surface area contributed by atoms with Gasteiger partial charge < -0.3 is 10.6 Å². The van der Waals surface area contributed by atoms with Crippen LogP contribution in [0.25, 0.3) is 0 Å². The monoisotopic (exact) mass is 303 g/mol. The first-order chi connectivity index (χ1) is 10.2. The first kappa shape index (κ1) is 15.5. The Morgan fingerprint density at radius 2 is 1.95 bits per heavy atom. The van der Waals surface area contributed by atoms with E-state index in [0.717, 1.165) is 23.7 Å². The molecule has 0 fully saturated rings. The number of hydrogen-bond acceptors (Lipinski definition) is 4. The molecular weight excluding hydrogens is 282 g/mol. The zero-order valence-corrected chi connectivity index (χ0v) is 13.3. The maximum absolute atomic E-state index is 11.8. The molecule has 112 valence electrons. The van der Waals surface area contributed by atoms with Gasteiger partial charge in [0.05, 0.1) is 12.2 Å². The molecule has 5 heteroatoms. The molecule has 0 spiro atoms. The van der Waals surface area contributed by atoms with Crippen LogP contribution in [0.5, 0.6) is 0 Å². The smallest absolute Gasteiger partial charge is 0.220 e. The number of amides is 1. The van der Waals surface area contributed by atoms with Crippen molar-refractivity contribution >= 4 is 22.4 Å². The van der Waals surface area contributed by atoms with E-state index < -0.39 is 0 Å². The van der Waals surface area contributed by atoms with E-state index in [0.29, 0.717) is 13.0 Å². The van der Waals surface area contributed by atoms with Gasteiger partial charge in [0.2, 0.25) is 5.91 Å². The molecule has 0 saturated heterocycles. The standard InChI is InChI=1S/C16H21N3OS/c1-3-12-4-6-13(7-5-12)8-9-15(20)18-10-14-11-21-16(17-2)19-14/h4-7,11H,3,8-10H2,1-2H3,(H,17,19)(H,18,20). The Bertz CT molecular complexity index is 577. The number of benzene rings is 1. The summed E-state index contributed by atoms with van der Waals surface area (Å²) in [7, 11) is 1.84. The van der Waals surface area contributed by atoms with Gasteiger partial charge in [-0.15, -0.1) is 11.3 Å². The Balaban J connectivity index is 1.73. The summed E-state index contributed by atoms with van der Waals surface area (Å²) in [5.41, 5.74) is 3.42. The quantitative estimate of drug-likeness (QED) is 0.827. The van der Waals surface area contributed by atoms with Crippen LogP contribution in [0.2, 0.25) is 0 Å². The minimum Gasteiger partial charge on any atom is -0.365 e. The highest BCUT2D eigenvalue weighted by molar-refractivity contribution is 7.13. The van der Waals surface area contributed by atoms with E-state index in [1.807, 2.05) is 12.4 Å².